The Morgan fingerprint density at radius 3 is 2.65 bits per heavy atom. The van der Waals surface area contributed by atoms with Crippen molar-refractivity contribution in [2.75, 3.05) is 6.61 Å². The molecular formula is C24H24F3N5O2. The Morgan fingerprint density at radius 2 is 1.91 bits per heavy atom. The molecule has 3 heterocycles. The van der Waals surface area contributed by atoms with E-state index >= 15 is 0 Å². The maximum atomic E-state index is 12.6. The molecule has 0 bridgehead atoms. The highest BCUT2D eigenvalue weighted by Crippen LogP contribution is 2.34. The molecule has 3 aromatic heterocycles. The Kier molecular flexibility index (Phi) is 6.80. The van der Waals surface area contributed by atoms with Crippen LogP contribution in [0.2, 0.25) is 0 Å². The maximum absolute atomic E-state index is 12.6. The predicted octanol–water partition coefficient (Wildman–Crippen LogP) is 4.72. The van der Waals surface area contributed by atoms with E-state index in [0.29, 0.717) is 46.3 Å². The summed E-state index contributed by atoms with van der Waals surface area (Å²) < 4.78 is 45.3. The molecule has 0 aliphatic rings. The van der Waals surface area contributed by atoms with Crippen LogP contribution in [0.4, 0.5) is 13.2 Å². The summed E-state index contributed by atoms with van der Waals surface area (Å²) in [5.74, 6) is 1.12. The highest BCUT2D eigenvalue weighted by Gasteiger charge is 2.28. The molecule has 7 nitrogen and oxygen atoms in total. The molecule has 0 radical (unpaired) electrons. The number of hydrogen-bond acceptors (Lipinski definition) is 6. The molecule has 0 aliphatic heterocycles. The summed E-state index contributed by atoms with van der Waals surface area (Å²) in [6, 6.07) is 13.2. The number of hydrogen-bond donors (Lipinski definition) is 2. The standard InChI is InChI=1S/C24H24F3N5O2/c1-2-34-22-12-15(19-6-4-7-20(31-19)18(28)9-10-24(25,26)27)11-21-17(22)13-29-32(21)23-8-3-5-16(14-33)30-23/h3-8,11-13,18,33H,2,9-10,14,28H2,1H3/t18-/m0/s1. The minimum atomic E-state index is -4.27. The van der Waals surface area contributed by atoms with Crippen molar-refractivity contribution >= 4 is 10.9 Å². The van der Waals surface area contributed by atoms with Crippen molar-refractivity contribution in [3.63, 3.8) is 0 Å². The fourth-order valence-corrected chi connectivity index (χ4v) is 3.66. The number of rotatable bonds is 8. The second-order valence-electron chi connectivity index (χ2n) is 7.75. The van der Waals surface area contributed by atoms with E-state index in [2.05, 4.69) is 15.1 Å². The van der Waals surface area contributed by atoms with Gasteiger partial charge >= 0.3 is 6.18 Å². The Labute approximate surface area is 194 Å². The first-order chi connectivity index (χ1) is 16.3. The number of benzene rings is 1. The molecule has 3 N–H and O–H groups in total. The maximum Gasteiger partial charge on any atom is 0.389 e. The lowest BCUT2D eigenvalue weighted by molar-refractivity contribution is -0.136. The first kappa shape index (κ1) is 23.7. The molecule has 0 saturated heterocycles. The average Bonchev–Trinajstić information content (AvgIpc) is 3.27. The predicted molar refractivity (Wildman–Crippen MR) is 121 cm³/mol. The number of alkyl halides is 3. The monoisotopic (exact) mass is 471 g/mol. The summed E-state index contributed by atoms with van der Waals surface area (Å²) in [5, 5.41) is 14.7. The molecule has 0 spiro atoms. The van der Waals surface area contributed by atoms with Crippen molar-refractivity contribution in [3.8, 4) is 22.8 Å². The van der Waals surface area contributed by atoms with Crippen LogP contribution in [0.15, 0.2) is 54.7 Å². The van der Waals surface area contributed by atoms with E-state index in [1.54, 1.807) is 47.3 Å². The molecule has 0 aliphatic carbocycles. The molecule has 0 fully saturated rings. The molecule has 10 heteroatoms. The van der Waals surface area contributed by atoms with Crippen LogP contribution in [0, 0.1) is 0 Å². The van der Waals surface area contributed by atoms with Crippen LogP contribution >= 0.6 is 0 Å². The van der Waals surface area contributed by atoms with Crippen LogP contribution in [-0.4, -0.2) is 37.6 Å². The summed E-state index contributed by atoms with van der Waals surface area (Å²) in [5.41, 5.74) is 8.83. The van der Waals surface area contributed by atoms with Gasteiger partial charge in [0.2, 0.25) is 0 Å². The Morgan fingerprint density at radius 1 is 1.12 bits per heavy atom. The van der Waals surface area contributed by atoms with Gasteiger partial charge in [0.1, 0.15) is 5.75 Å². The van der Waals surface area contributed by atoms with Gasteiger partial charge in [-0.05, 0) is 49.7 Å². The van der Waals surface area contributed by atoms with E-state index in [1.165, 1.54) is 0 Å². The van der Waals surface area contributed by atoms with Crippen molar-refractivity contribution in [2.45, 2.75) is 38.6 Å². The lowest BCUT2D eigenvalue weighted by atomic mass is 10.0. The van der Waals surface area contributed by atoms with Crippen molar-refractivity contribution in [1.82, 2.24) is 19.7 Å². The van der Waals surface area contributed by atoms with Gasteiger partial charge in [-0.15, -0.1) is 0 Å². The van der Waals surface area contributed by atoms with Gasteiger partial charge in [-0.25, -0.2) is 9.67 Å². The van der Waals surface area contributed by atoms with Crippen molar-refractivity contribution in [3.05, 3.63) is 66.1 Å². The normalized spacial score (nSPS) is 12.8. The second-order valence-corrected chi connectivity index (χ2v) is 7.75. The van der Waals surface area contributed by atoms with Gasteiger partial charge in [0, 0.05) is 18.0 Å². The molecule has 178 valence electrons. The minimum Gasteiger partial charge on any atom is -0.493 e. The number of pyridine rings is 2. The highest BCUT2D eigenvalue weighted by molar-refractivity contribution is 5.90. The van der Waals surface area contributed by atoms with E-state index in [4.69, 9.17) is 10.5 Å². The molecule has 34 heavy (non-hydrogen) atoms. The first-order valence-corrected chi connectivity index (χ1v) is 10.8. The SMILES string of the molecule is CCOc1cc(-c2cccc([C@@H](N)CCC(F)(F)F)n2)cc2c1cnn2-c1cccc(CO)n1. The lowest BCUT2D eigenvalue weighted by Crippen LogP contribution is -2.17. The van der Waals surface area contributed by atoms with Crippen LogP contribution in [-0.2, 0) is 6.61 Å². The van der Waals surface area contributed by atoms with Crippen LogP contribution in [0.5, 0.6) is 5.75 Å². The third-order valence-electron chi connectivity index (χ3n) is 5.31. The van der Waals surface area contributed by atoms with E-state index in [-0.39, 0.29) is 13.0 Å². The minimum absolute atomic E-state index is 0.201. The van der Waals surface area contributed by atoms with E-state index in [0.717, 1.165) is 5.39 Å². The molecule has 0 amide bonds. The summed E-state index contributed by atoms with van der Waals surface area (Å²) in [6.45, 7) is 2.10. The number of fused-ring (bicyclic) bond motifs is 1. The topological polar surface area (TPSA) is 99.1 Å². The zero-order valence-electron chi connectivity index (χ0n) is 18.5. The third kappa shape index (κ3) is 5.18. The number of nitrogens with two attached hydrogens (primary N) is 1. The smallest absolute Gasteiger partial charge is 0.389 e. The van der Waals surface area contributed by atoms with Crippen molar-refractivity contribution < 1.29 is 23.0 Å². The van der Waals surface area contributed by atoms with Crippen molar-refractivity contribution in [1.29, 1.82) is 0 Å². The van der Waals surface area contributed by atoms with Crippen LogP contribution in [0.1, 0.15) is 37.2 Å². The number of ether oxygens (including phenoxy) is 1. The van der Waals surface area contributed by atoms with Gasteiger partial charge in [0.15, 0.2) is 5.82 Å². The van der Waals surface area contributed by atoms with Crippen LogP contribution < -0.4 is 10.5 Å². The van der Waals surface area contributed by atoms with E-state index in [9.17, 15) is 18.3 Å². The lowest BCUT2D eigenvalue weighted by Gasteiger charge is -2.14. The first-order valence-electron chi connectivity index (χ1n) is 10.8. The van der Waals surface area contributed by atoms with Gasteiger partial charge in [-0.1, -0.05) is 12.1 Å². The Balaban J connectivity index is 1.77. The molecule has 0 unspecified atom stereocenters. The average molecular weight is 471 g/mol. The zero-order valence-corrected chi connectivity index (χ0v) is 18.5. The van der Waals surface area contributed by atoms with E-state index in [1.807, 2.05) is 19.1 Å². The summed E-state index contributed by atoms with van der Waals surface area (Å²) in [6.07, 6.45) is -3.82. The van der Waals surface area contributed by atoms with Crippen LogP contribution in [0.3, 0.4) is 0 Å². The van der Waals surface area contributed by atoms with Crippen LogP contribution in [0.25, 0.3) is 28.0 Å². The third-order valence-corrected chi connectivity index (χ3v) is 5.31. The van der Waals surface area contributed by atoms with E-state index < -0.39 is 18.6 Å². The number of nitrogens with zero attached hydrogens (tertiary/aromatic N) is 4. The Bertz CT molecular complexity index is 1290. The second kappa shape index (κ2) is 9.78. The highest BCUT2D eigenvalue weighted by atomic mass is 19.4. The van der Waals surface area contributed by atoms with Gasteiger partial charge in [0.25, 0.3) is 0 Å². The summed E-state index contributed by atoms with van der Waals surface area (Å²) in [4.78, 5) is 8.96. The number of aliphatic hydroxyl groups is 1. The van der Waals surface area contributed by atoms with Gasteiger partial charge in [-0.3, -0.25) is 4.98 Å². The summed E-state index contributed by atoms with van der Waals surface area (Å²) >= 11 is 0. The number of aliphatic hydroxyl groups excluding tert-OH is 1. The fourth-order valence-electron chi connectivity index (χ4n) is 3.66. The number of halogens is 3. The van der Waals surface area contributed by atoms with Gasteiger partial charge < -0.3 is 15.6 Å². The number of aromatic nitrogens is 4. The zero-order chi connectivity index (χ0) is 24.3. The fraction of sp³-hybridized carbons (Fsp3) is 0.292. The van der Waals surface area contributed by atoms with Gasteiger partial charge in [0.05, 0.1) is 47.4 Å². The molecule has 1 atom stereocenters. The molecule has 1 aromatic carbocycles. The molecular weight excluding hydrogens is 447 g/mol. The molecule has 4 rings (SSSR count). The largest absolute Gasteiger partial charge is 0.493 e. The van der Waals surface area contributed by atoms with Gasteiger partial charge in [-0.2, -0.15) is 18.3 Å². The summed E-state index contributed by atoms with van der Waals surface area (Å²) in [7, 11) is 0. The quantitative estimate of drug-likeness (QED) is 0.386. The molecule has 4 aromatic rings. The molecule has 0 saturated carbocycles. The van der Waals surface area contributed by atoms with Crippen molar-refractivity contribution in [2.24, 2.45) is 5.73 Å². The Hall–Kier alpha value is -3.50.